The maximum Gasteiger partial charge on any atom is 0.115 e. The fraction of sp³-hybridized carbons (Fsp3) is 0.148. The van der Waals surface area contributed by atoms with E-state index in [0.717, 1.165) is 30.8 Å². The summed E-state index contributed by atoms with van der Waals surface area (Å²) in [4.78, 5) is 6.16. The second-order valence-electron chi connectivity index (χ2n) is 8.41. The summed E-state index contributed by atoms with van der Waals surface area (Å²) < 4.78 is 1.93. The highest BCUT2D eigenvalue weighted by Crippen LogP contribution is 2.39. The lowest BCUT2D eigenvalue weighted by Crippen LogP contribution is -2.35. The molecular weight excluding hydrogens is 396 g/mol. The van der Waals surface area contributed by atoms with Crippen molar-refractivity contribution in [3.05, 3.63) is 114 Å². The van der Waals surface area contributed by atoms with E-state index in [1.165, 1.54) is 27.7 Å². The Balaban J connectivity index is 1.39. The third-order valence-electron chi connectivity index (χ3n) is 6.36. The Bertz CT molecular complexity index is 1390. The van der Waals surface area contributed by atoms with Gasteiger partial charge in [0.05, 0.1) is 17.9 Å². The van der Waals surface area contributed by atoms with Gasteiger partial charge in [0.15, 0.2) is 0 Å². The van der Waals surface area contributed by atoms with Gasteiger partial charge in [-0.2, -0.15) is 5.10 Å². The summed E-state index contributed by atoms with van der Waals surface area (Å²) in [5.74, 6) is 0.294. The molecule has 5 nitrogen and oxygen atoms in total. The first-order chi connectivity index (χ1) is 15.8. The van der Waals surface area contributed by atoms with Gasteiger partial charge in [0.1, 0.15) is 5.75 Å². The molecule has 0 amide bonds. The van der Waals surface area contributed by atoms with Gasteiger partial charge in [0.2, 0.25) is 0 Å². The molecule has 0 saturated heterocycles. The van der Waals surface area contributed by atoms with Crippen molar-refractivity contribution in [1.82, 2.24) is 19.7 Å². The molecule has 0 radical (unpaired) electrons. The zero-order chi connectivity index (χ0) is 21.5. The molecule has 6 rings (SSSR count). The van der Waals surface area contributed by atoms with E-state index in [2.05, 4.69) is 63.6 Å². The number of nitrogens with zero attached hydrogens (tertiary/aromatic N) is 3. The van der Waals surface area contributed by atoms with Gasteiger partial charge in [-0.1, -0.05) is 48.5 Å². The van der Waals surface area contributed by atoms with Crippen LogP contribution in [0.2, 0.25) is 0 Å². The molecule has 2 aromatic heterocycles. The lowest BCUT2D eigenvalue weighted by Gasteiger charge is -2.36. The maximum absolute atomic E-state index is 10.2. The quantitative estimate of drug-likeness (QED) is 0.420. The number of phenols is 1. The highest BCUT2D eigenvalue weighted by molar-refractivity contribution is 5.85. The van der Waals surface area contributed by atoms with Gasteiger partial charge in [-0.25, -0.2) is 4.68 Å². The van der Waals surface area contributed by atoms with Crippen molar-refractivity contribution in [3.8, 4) is 11.4 Å². The van der Waals surface area contributed by atoms with Crippen LogP contribution < -0.4 is 0 Å². The average molecular weight is 421 g/mol. The molecule has 0 saturated carbocycles. The van der Waals surface area contributed by atoms with Crippen LogP contribution >= 0.6 is 0 Å². The molecular formula is C27H24N4O. The van der Waals surface area contributed by atoms with Gasteiger partial charge in [0, 0.05) is 41.4 Å². The summed E-state index contributed by atoms with van der Waals surface area (Å²) in [5.41, 5.74) is 7.08. The molecule has 1 aliphatic heterocycles. The second kappa shape index (κ2) is 7.70. The third kappa shape index (κ3) is 3.27. The number of hydrogen-bond donors (Lipinski definition) is 2. The molecule has 0 fully saturated rings. The van der Waals surface area contributed by atoms with Crippen molar-refractivity contribution in [2.75, 3.05) is 6.54 Å². The summed E-state index contributed by atoms with van der Waals surface area (Å²) in [6, 6.07) is 26.4. The van der Waals surface area contributed by atoms with Gasteiger partial charge in [-0.3, -0.25) is 4.90 Å². The molecule has 1 aliphatic rings. The van der Waals surface area contributed by atoms with Crippen molar-refractivity contribution in [3.63, 3.8) is 0 Å². The Morgan fingerprint density at radius 1 is 0.969 bits per heavy atom. The predicted molar refractivity (Wildman–Crippen MR) is 126 cm³/mol. The summed E-state index contributed by atoms with van der Waals surface area (Å²) in [7, 11) is 0. The second-order valence-corrected chi connectivity index (χ2v) is 8.41. The van der Waals surface area contributed by atoms with Crippen LogP contribution in [-0.2, 0) is 13.0 Å². The third-order valence-corrected chi connectivity index (χ3v) is 6.36. The number of para-hydroxylation sites is 2. The Morgan fingerprint density at radius 2 is 1.81 bits per heavy atom. The minimum absolute atomic E-state index is 0.0401. The Labute approximate surface area is 186 Å². The van der Waals surface area contributed by atoms with Crippen LogP contribution in [0.1, 0.15) is 28.4 Å². The number of aromatic amines is 1. The van der Waals surface area contributed by atoms with Crippen LogP contribution in [-0.4, -0.2) is 31.3 Å². The van der Waals surface area contributed by atoms with Crippen LogP contribution in [0.4, 0.5) is 0 Å². The van der Waals surface area contributed by atoms with Crippen molar-refractivity contribution in [2.24, 2.45) is 0 Å². The first-order valence-corrected chi connectivity index (χ1v) is 11.0. The van der Waals surface area contributed by atoms with Gasteiger partial charge in [0.25, 0.3) is 0 Å². The summed E-state index contributed by atoms with van der Waals surface area (Å²) in [6.07, 6.45) is 5.05. The lowest BCUT2D eigenvalue weighted by molar-refractivity contribution is 0.201. The number of rotatable bonds is 4. The number of aromatic nitrogens is 3. The normalized spacial score (nSPS) is 16.3. The average Bonchev–Trinajstić information content (AvgIpc) is 3.44. The number of benzene rings is 3. The molecule has 0 aliphatic carbocycles. The van der Waals surface area contributed by atoms with Crippen LogP contribution in [0.5, 0.6) is 5.75 Å². The van der Waals surface area contributed by atoms with E-state index in [0.29, 0.717) is 5.75 Å². The van der Waals surface area contributed by atoms with E-state index < -0.39 is 0 Å². The molecule has 5 aromatic rings. The molecule has 0 bridgehead atoms. The van der Waals surface area contributed by atoms with Gasteiger partial charge in [-0.15, -0.1) is 0 Å². The van der Waals surface area contributed by atoms with Crippen molar-refractivity contribution in [2.45, 2.75) is 19.0 Å². The largest absolute Gasteiger partial charge is 0.508 e. The molecule has 1 atom stereocenters. The van der Waals surface area contributed by atoms with Gasteiger partial charge >= 0.3 is 0 Å². The fourth-order valence-electron chi connectivity index (χ4n) is 4.93. The number of phenolic OH excluding ortho intramolecular Hbond substituents is 1. The topological polar surface area (TPSA) is 57.1 Å². The molecule has 2 N–H and O–H groups in total. The van der Waals surface area contributed by atoms with E-state index >= 15 is 0 Å². The number of aromatic hydroxyl groups is 1. The van der Waals surface area contributed by atoms with Crippen LogP contribution in [0.15, 0.2) is 91.3 Å². The molecule has 3 aromatic carbocycles. The van der Waals surface area contributed by atoms with E-state index in [1.54, 1.807) is 6.07 Å². The van der Waals surface area contributed by atoms with Crippen LogP contribution in [0, 0.1) is 0 Å². The van der Waals surface area contributed by atoms with Crippen LogP contribution in [0.3, 0.4) is 0 Å². The Hall–Kier alpha value is -3.83. The van der Waals surface area contributed by atoms with Crippen molar-refractivity contribution < 1.29 is 5.11 Å². The highest BCUT2D eigenvalue weighted by Gasteiger charge is 2.32. The van der Waals surface area contributed by atoms with E-state index in [9.17, 15) is 5.11 Å². The monoisotopic (exact) mass is 420 g/mol. The highest BCUT2D eigenvalue weighted by atomic mass is 16.3. The molecule has 3 heterocycles. The first kappa shape index (κ1) is 18.9. The Kier molecular flexibility index (Phi) is 4.55. The zero-order valence-electron chi connectivity index (χ0n) is 17.6. The number of hydrogen-bond acceptors (Lipinski definition) is 3. The first-order valence-electron chi connectivity index (χ1n) is 11.0. The number of H-pyrrole nitrogens is 1. The van der Waals surface area contributed by atoms with Gasteiger partial charge in [-0.05, 0) is 47.9 Å². The Morgan fingerprint density at radius 3 is 2.69 bits per heavy atom. The summed E-state index contributed by atoms with van der Waals surface area (Å²) >= 11 is 0. The molecule has 5 heteroatoms. The standard InChI is InChI=1S/C27H24N4O/c32-22-10-6-7-20(15-22)27-26-24(23-11-4-5-12-25(23)29-26)13-14-30(27)17-19-16-28-31(18-19)21-8-2-1-3-9-21/h1-12,15-16,18,27,29,32H,13-14,17H2/t27-/m1/s1. The zero-order valence-corrected chi connectivity index (χ0v) is 17.6. The summed E-state index contributed by atoms with van der Waals surface area (Å²) in [6.45, 7) is 1.72. The van der Waals surface area contributed by atoms with Gasteiger partial charge < -0.3 is 10.1 Å². The minimum atomic E-state index is 0.0401. The smallest absolute Gasteiger partial charge is 0.115 e. The fourth-order valence-corrected chi connectivity index (χ4v) is 4.93. The maximum atomic E-state index is 10.2. The van der Waals surface area contributed by atoms with E-state index in [4.69, 9.17) is 0 Å². The summed E-state index contributed by atoms with van der Waals surface area (Å²) in [5, 5.41) is 16.1. The predicted octanol–water partition coefficient (Wildman–Crippen LogP) is 5.21. The lowest BCUT2D eigenvalue weighted by atomic mass is 9.92. The SMILES string of the molecule is Oc1cccc([C@@H]2c3[nH]c4ccccc4c3CCN2Cc2cnn(-c3ccccc3)c2)c1. The molecule has 32 heavy (non-hydrogen) atoms. The molecule has 0 unspecified atom stereocenters. The van der Waals surface area contributed by atoms with Crippen LogP contribution in [0.25, 0.3) is 16.6 Å². The van der Waals surface area contributed by atoms with E-state index in [1.807, 2.05) is 41.2 Å². The minimum Gasteiger partial charge on any atom is -0.508 e. The molecule has 0 spiro atoms. The van der Waals surface area contributed by atoms with Crippen molar-refractivity contribution in [1.29, 1.82) is 0 Å². The van der Waals surface area contributed by atoms with E-state index in [-0.39, 0.29) is 6.04 Å². The number of fused-ring (bicyclic) bond motifs is 3. The number of nitrogens with one attached hydrogen (secondary N) is 1. The van der Waals surface area contributed by atoms with Crippen molar-refractivity contribution >= 4 is 10.9 Å². The molecule has 158 valence electrons.